The van der Waals surface area contributed by atoms with Crippen molar-refractivity contribution in [3.63, 3.8) is 0 Å². The first-order valence-electron chi connectivity index (χ1n) is 5.59. The second kappa shape index (κ2) is 5.15. The van der Waals surface area contributed by atoms with Gasteiger partial charge in [0.15, 0.2) is 5.78 Å². The van der Waals surface area contributed by atoms with Crippen molar-refractivity contribution >= 4 is 22.8 Å². The van der Waals surface area contributed by atoms with Crippen molar-refractivity contribution in [3.8, 4) is 0 Å². The summed E-state index contributed by atoms with van der Waals surface area (Å²) in [4.78, 5) is 13.3. The number of aryl methyl sites for hydroxylation is 1. The zero-order valence-corrected chi connectivity index (χ0v) is 10.6. The Morgan fingerprint density at radius 3 is 2.82 bits per heavy atom. The van der Waals surface area contributed by atoms with Gasteiger partial charge in [0.25, 0.3) is 0 Å². The van der Waals surface area contributed by atoms with E-state index in [0.717, 1.165) is 17.5 Å². The molecule has 1 aromatic heterocycles. The van der Waals surface area contributed by atoms with E-state index in [4.69, 9.17) is 5.73 Å². The van der Waals surface area contributed by atoms with E-state index in [2.05, 4.69) is 6.07 Å². The third kappa shape index (κ3) is 2.74. The highest BCUT2D eigenvalue weighted by Crippen LogP contribution is 2.19. The Kier molecular flexibility index (Phi) is 3.59. The molecule has 2 rings (SSSR count). The Balaban J connectivity index is 2.07. The third-order valence-corrected chi connectivity index (χ3v) is 3.79. The number of hydrogen-bond acceptors (Lipinski definition) is 3. The predicted molar refractivity (Wildman–Crippen MR) is 72.6 cm³/mol. The summed E-state index contributed by atoms with van der Waals surface area (Å²) in [6.45, 7) is 1.90. The molecule has 0 aliphatic heterocycles. The number of rotatable bonds is 4. The summed E-state index contributed by atoms with van der Waals surface area (Å²) in [6, 6.07) is 9.58. The number of thiophene rings is 1. The van der Waals surface area contributed by atoms with Gasteiger partial charge in [-0.15, -0.1) is 11.3 Å². The molecule has 0 bridgehead atoms. The zero-order chi connectivity index (χ0) is 12.3. The number of carbonyl (C=O) groups is 1. The van der Waals surface area contributed by atoms with Gasteiger partial charge >= 0.3 is 0 Å². The molecule has 0 radical (unpaired) electrons. The summed E-state index contributed by atoms with van der Waals surface area (Å²) in [5.41, 5.74) is 8.13. The number of benzene rings is 1. The Labute approximate surface area is 105 Å². The highest BCUT2D eigenvalue weighted by atomic mass is 32.1. The Morgan fingerprint density at radius 2 is 2.12 bits per heavy atom. The highest BCUT2D eigenvalue weighted by molar-refractivity contribution is 7.09. The van der Waals surface area contributed by atoms with E-state index < -0.39 is 0 Å². The van der Waals surface area contributed by atoms with Gasteiger partial charge in [0.2, 0.25) is 0 Å². The molecule has 0 fully saturated rings. The van der Waals surface area contributed by atoms with Gasteiger partial charge < -0.3 is 5.73 Å². The van der Waals surface area contributed by atoms with Gasteiger partial charge in [-0.3, -0.25) is 4.79 Å². The smallest absolute Gasteiger partial charge is 0.163 e. The first-order valence-corrected chi connectivity index (χ1v) is 6.47. The second-order valence-electron chi connectivity index (χ2n) is 4.02. The topological polar surface area (TPSA) is 43.1 Å². The normalized spacial score (nSPS) is 10.4. The van der Waals surface area contributed by atoms with Gasteiger partial charge in [-0.2, -0.15) is 0 Å². The lowest BCUT2D eigenvalue weighted by molar-refractivity contribution is 0.0982. The molecule has 0 spiro atoms. The Bertz CT molecular complexity index is 517. The third-order valence-electron chi connectivity index (χ3n) is 2.85. The summed E-state index contributed by atoms with van der Waals surface area (Å²) in [7, 11) is 0. The molecule has 0 amide bonds. The first kappa shape index (κ1) is 11.9. The molecule has 17 heavy (non-hydrogen) atoms. The molecule has 0 saturated carbocycles. The molecule has 2 aromatic rings. The van der Waals surface area contributed by atoms with Crippen LogP contribution in [-0.4, -0.2) is 5.78 Å². The van der Waals surface area contributed by atoms with Crippen molar-refractivity contribution < 1.29 is 4.79 Å². The molecule has 2 nitrogen and oxygen atoms in total. The number of nitrogens with two attached hydrogens (primary N) is 1. The van der Waals surface area contributed by atoms with Gasteiger partial charge in [0.05, 0.1) is 0 Å². The quantitative estimate of drug-likeness (QED) is 0.662. The van der Waals surface area contributed by atoms with Gasteiger partial charge in [-0.05, 0) is 36.4 Å². The maximum Gasteiger partial charge on any atom is 0.163 e. The summed E-state index contributed by atoms with van der Waals surface area (Å²) in [5.74, 6) is 0.170. The maximum absolute atomic E-state index is 12.1. The van der Waals surface area contributed by atoms with Crippen molar-refractivity contribution in [1.82, 2.24) is 0 Å². The number of anilines is 1. The van der Waals surface area contributed by atoms with Crippen LogP contribution in [0.25, 0.3) is 0 Å². The maximum atomic E-state index is 12.1. The van der Waals surface area contributed by atoms with Gasteiger partial charge in [-0.1, -0.05) is 18.2 Å². The lowest BCUT2D eigenvalue weighted by Crippen LogP contribution is -2.05. The molecule has 88 valence electrons. The molecule has 0 atom stereocenters. The molecule has 0 unspecified atom stereocenters. The van der Waals surface area contributed by atoms with Gasteiger partial charge in [0.1, 0.15) is 0 Å². The fourth-order valence-corrected chi connectivity index (χ4v) is 2.49. The van der Waals surface area contributed by atoms with E-state index in [-0.39, 0.29) is 5.78 Å². The minimum Gasteiger partial charge on any atom is -0.398 e. The fourth-order valence-electron chi connectivity index (χ4n) is 1.78. The zero-order valence-electron chi connectivity index (χ0n) is 9.77. The standard InChI is InChI=1S/C14H15NOS/c1-10-12(5-2-6-13(10)15)14(16)8-7-11-4-3-9-17-11/h2-6,9H,7-8,15H2,1H3. The average molecular weight is 245 g/mol. The van der Waals surface area contributed by atoms with Crippen molar-refractivity contribution in [2.24, 2.45) is 0 Å². The van der Waals surface area contributed by atoms with E-state index in [9.17, 15) is 4.79 Å². The van der Waals surface area contributed by atoms with Crippen LogP contribution in [0.15, 0.2) is 35.7 Å². The monoisotopic (exact) mass is 245 g/mol. The minimum atomic E-state index is 0.170. The minimum absolute atomic E-state index is 0.170. The van der Waals surface area contributed by atoms with Crippen molar-refractivity contribution in [1.29, 1.82) is 0 Å². The number of carbonyl (C=O) groups excluding carboxylic acids is 1. The van der Waals surface area contributed by atoms with Crippen molar-refractivity contribution in [2.75, 3.05) is 5.73 Å². The average Bonchev–Trinajstić information content (AvgIpc) is 2.82. The lowest BCUT2D eigenvalue weighted by atomic mass is 10.00. The van der Waals surface area contributed by atoms with Gasteiger partial charge in [0, 0.05) is 22.5 Å². The van der Waals surface area contributed by atoms with Crippen LogP contribution in [-0.2, 0) is 6.42 Å². The van der Waals surface area contributed by atoms with E-state index in [1.54, 1.807) is 11.3 Å². The van der Waals surface area contributed by atoms with E-state index >= 15 is 0 Å². The van der Waals surface area contributed by atoms with Crippen LogP contribution in [0.3, 0.4) is 0 Å². The summed E-state index contributed by atoms with van der Waals surface area (Å²) >= 11 is 1.69. The molecular weight excluding hydrogens is 230 g/mol. The molecule has 0 saturated heterocycles. The second-order valence-corrected chi connectivity index (χ2v) is 5.05. The van der Waals surface area contributed by atoms with E-state index in [1.165, 1.54) is 4.88 Å². The summed E-state index contributed by atoms with van der Waals surface area (Å²) in [5, 5.41) is 2.03. The first-order chi connectivity index (χ1) is 8.18. The molecule has 2 N–H and O–H groups in total. The fraction of sp³-hybridized carbons (Fsp3) is 0.214. The molecule has 0 aliphatic rings. The number of hydrogen-bond donors (Lipinski definition) is 1. The molecule has 0 aliphatic carbocycles. The van der Waals surface area contributed by atoms with Crippen LogP contribution in [0, 0.1) is 6.92 Å². The van der Waals surface area contributed by atoms with Crippen molar-refractivity contribution in [2.45, 2.75) is 19.8 Å². The van der Waals surface area contributed by atoms with E-state index in [0.29, 0.717) is 12.1 Å². The van der Waals surface area contributed by atoms with Crippen LogP contribution in [0.2, 0.25) is 0 Å². The van der Waals surface area contributed by atoms with Crippen LogP contribution >= 0.6 is 11.3 Å². The lowest BCUT2D eigenvalue weighted by Gasteiger charge is -2.06. The van der Waals surface area contributed by atoms with Crippen LogP contribution in [0.5, 0.6) is 0 Å². The number of ketones is 1. The highest BCUT2D eigenvalue weighted by Gasteiger charge is 2.10. The molecule has 3 heteroatoms. The Hall–Kier alpha value is -1.61. The van der Waals surface area contributed by atoms with Crippen molar-refractivity contribution in [3.05, 3.63) is 51.7 Å². The SMILES string of the molecule is Cc1c(N)cccc1C(=O)CCc1cccs1. The number of nitrogen functional groups attached to an aromatic ring is 1. The largest absolute Gasteiger partial charge is 0.398 e. The van der Waals surface area contributed by atoms with Crippen LogP contribution in [0.4, 0.5) is 5.69 Å². The van der Waals surface area contributed by atoms with Gasteiger partial charge in [-0.25, -0.2) is 0 Å². The van der Waals surface area contributed by atoms with Crippen LogP contribution < -0.4 is 5.73 Å². The molecular formula is C14H15NOS. The van der Waals surface area contributed by atoms with Crippen LogP contribution in [0.1, 0.15) is 27.2 Å². The molecule has 1 heterocycles. The summed E-state index contributed by atoms with van der Waals surface area (Å²) in [6.07, 6.45) is 1.36. The predicted octanol–water partition coefficient (Wildman–Crippen LogP) is 3.45. The molecule has 1 aromatic carbocycles. The van der Waals surface area contributed by atoms with E-state index in [1.807, 2.05) is 36.6 Å². The Morgan fingerprint density at radius 1 is 1.29 bits per heavy atom. The number of Topliss-reactive ketones (excluding diaryl/α,β-unsaturated/α-hetero) is 1. The summed E-state index contributed by atoms with van der Waals surface area (Å²) < 4.78 is 0.